The van der Waals surface area contributed by atoms with Crippen molar-refractivity contribution in [2.24, 2.45) is 11.8 Å². The molecule has 3 aliphatic rings. The SMILES string of the molecule is CN(C)c1ccc(O)c2c1CC1CC3C(N(C)C)C(=O)C(C(=O)NCNC(=O)CCl)=C(O)C3(O)C(=O)C1=C2O. The Bertz CT molecular complexity index is 1340. The highest BCUT2D eigenvalue weighted by Crippen LogP contribution is 2.53. The lowest BCUT2D eigenvalue weighted by Crippen LogP contribution is -2.66. The van der Waals surface area contributed by atoms with Crippen LogP contribution in [0.15, 0.2) is 29.0 Å². The van der Waals surface area contributed by atoms with Crippen LogP contribution in [0.5, 0.6) is 5.75 Å². The van der Waals surface area contributed by atoms with Crippen molar-refractivity contribution in [1.82, 2.24) is 15.5 Å². The number of carbonyl (C=O) groups is 4. The van der Waals surface area contributed by atoms with Gasteiger partial charge in [0.2, 0.25) is 11.7 Å². The molecule has 12 nitrogen and oxygen atoms in total. The highest BCUT2D eigenvalue weighted by Gasteiger charge is 2.64. The van der Waals surface area contributed by atoms with E-state index in [9.17, 15) is 39.6 Å². The van der Waals surface area contributed by atoms with E-state index >= 15 is 0 Å². The zero-order valence-electron chi connectivity index (χ0n) is 21.9. The van der Waals surface area contributed by atoms with E-state index in [1.165, 1.54) is 11.0 Å². The maximum atomic E-state index is 14.0. The first kappa shape index (κ1) is 28.4. The number of nitrogens with zero attached hydrogens (tertiary/aromatic N) is 2. The number of hydrogen-bond acceptors (Lipinski definition) is 10. The van der Waals surface area contributed by atoms with Crippen molar-refractivity contribution >= 4 is 46.4 Å². The van der Waals surface area contributed by atoms with Crippen LogP contribution in [0.4, 0.5) is 5.69 Å². The summed E-state index contributed by atoms with van der Waals surface area (Å²) in [5.41, 5.74) is -2.36. The highest BCUT2D eigenvalue weighted by molar-refractivity contribution is 6.27. The molecule has 2 amide bonds. The molecule has 1 aromatic rings. The van der Waals surface area contributed by atoms with Crippen LogP contribution in [0, 0.1) is 11.8 Å². The second-order valence-electron chi connectivity index (χ2n) is 10.4. The van der Waals surface area contributed by atoms with Crippen LogP contribution < -0.4 is 15.5 Å². The molecule has 0 radical (unpaired) electrons. The number of anilines is 1. The van der Waals surface area contributed by atoms with E-state index in [2.05, 4.69) is 10.6 Å². The van der Waals surface area contributed by atoms with Crippen molar-refractivity contribution in [3.63, 3.8) is 0 Å². The molecule has 0 aromatic heterocycles. The van der Waals surface area contributed by atoms with Gasteiger partial charge in [-0.15, -0.1) is 11.6 Å². The minimum Gasteiger partial charge on any atom is -0.508 e. The number of phenols is 1. The zero-order valence-corrected chi connectivity index (χ0v) is 22.7. The Morgan fingerprint density at radius 2 is 1.77 bits per heavy atom. The molecule has 0 saturated heterocycles. The molecule has 13 heteroatoms. The Labute approximate surface area is 229 Å². The van der Waals surface area contributed by atoms with E-state index in [-0.39, 0.29) is 35.6 Å². The second kappa shape index (κ2) is 10.2. The number of amides is 2. The number of benzene rings is 1. The summed E-state index contributed by atoms with van der Waals surface area (Å²) in [6.45, 7) is -0.421. The van der Waals surface area contributed by atoms with E-state index in [4.69, 9.17) is 11.6 Å². The number of nitrogens with one attached hydrogen (secondary N) is 2. The van der Waals surface area contributed by atoms with Crippen molar-refractivity contribution in [3.05, 3.63) is 40.2 Å². The maximum absolute atomic E-state index is 14.0. The summed E-state index contributed by atoms with van der Waals surface area (Å²) in [4.78, 5) is 55.1. The largest absolute Gasteiger partial charge is 0.508 e. The lowest BCUT2D eigenvalue weighted by Gasteiger charge is -2.50. The van der Waals surface area contributed by atoms with Gasteiger partial charge in [0.1, 0.15) is 28.7 Å². The molecule has 4 rings (SSSR count). The fraction of sp³-hybridized carbons (Fsp3) is 0.462. The van der Waals surface area contributed by atoms with Gasteiger partial charge < -0.3 is 36.0 Å². The topological polar surface area (TPSA) is 180 Å². The Morgan fingerprint density at radius 1 is 1.10 bits per heavy atom. The van der Waals surface area contributed by atoms with Crippen LogP contribution in [0.3, 0.4) is 0 Å². The number of likely N-dealkylation sites (N-methyl/N-ethyl adjacent to an activating group) is 1. The molecule has 6 N–H and O–H groups in total. The minimum absolute atomic E-state index is 0.0168. The highest BCUT2D eigenvalue weighted by atomic mass is 35.5. The van der Waals surface area contributed by atoms with E-state index in [1.807, 2.05) is 0 Å². The number of aliphatic hydroxyl groups excluding tert-OH is 2. The van der Waals surface area contributed by atoms with Gasteiger partial charge in [-0.2, -0.15) is 0 Å². The lowest BCUT2D eigenvalue weighted by molar-refractivity contribution is -0.153. The first-order chi connectivity index (χ1) is 18.3. The minimum atomic E-state index is -2.71. The Kier molecular flexibility index (Phi) is 7.41. The zero-order chi connectivity index (χ0) is 29.0. The third-order valence-electron chi connectivity index (χ3n) is 7.70. The van der Waals surface area contributed by atoms with Gasteiger partial charge in [-0.3, -0.25) is 24.1 Å². The molecule has 0 spiro atoms. The average molecular weight is 563 g/mol. The molecular formula is C26H31ClN4O8. The van der Waals surface area contributed by atoms with Crippen LogP contribution >= 0.6 is 11.6 Å². The maximum Gasteiger partial charge on any atom is 0.259 e. The first-order valence-corrected chi connectivity index (χ1v) is 12.8. The molecule has 4 unspecified atom stereocenters. The van der Waals surface area contributed by atoms with E-state index in [1.54, 1.807) is 39.2 Å². The fourth-order valence-corrected chi connectivity index (χ4v) is 6.08. The number of aromatic hydroxyl groups is 1. The number of Topliss-reactive ketones (excluding diaryl/α,β-unsaturated/α-hetero) is 2. The Balaban J connectivity index is 1.86. The van der Waals surface area contributed by atoms with Crippen LogP contribution in [-0.4, -0.2) is 101 Å². The van der Waals surface area contributed by atoms with Crippen molar-refractivity contribution < 1.29 is 39.6 Å². The van der Waals surface area contributed by atoms with Crippen molar-refractivity contribution in [1.29, 1.82) is 0 Å². The molecule has 1 fully saturated rings. The van der Waals surface area contributed by atoms with Gasteiger partial charge in [0, 0.05) is 31.3 Å². The van der Waals surface area contributed by atoms with Crippen LogP contribution in [0.2, 0.25) is 0 Å². The summed E-state index contributed by atoms with van der Waals surface area (Å²) in [6.07, 6.45) is 0.240. The van der Waals surface area contributed by atoms with Gasteiger partial charge in [0.25, 0.3) is 5.91 Å². The quantitative estimate of drug-likeness (QED) is 0.157. The van der Waals surface area contributed by atoms with Gasteiger partial charge in [-0.1, -0.05) is 0 Å². The molecule has 0 aliphatic heterocycles. The molecule has 1 aromatic carbocycles. The molecule has 210 valence electrons. The number of ketones is 2. The van der Waals surface area contributed by atoms with E-state index in [0.717, 1.165) is 0 Å². The summed E-state index contributed by atoms with van der Waals surface area (Å²) in [5, 5.41) is 49.4. The molecule has 0 heterocycles. The monoisotopic (exact) mass is 562 g/mol. The number of carbonyl (C=O) groups excluding carboxylic acids is 4. The van der Waals surface area contributed by atoms with Gasteiger partial charge in [-0.25, -0.2) is 0 Å². The number of rotatable bonds is 6. The third-order valence-corrected chi connectivity index (χ3v) is 7.94. The molecule has 0 bridgehead atoms. The standard InChI is InChI=1S/C26H31ClN4O8/c1-30(2)14-5-6-15(32)18-12(14)7-11-8-13-20(31(3)4)22(35)19(25(38)29-10-28-16(33)9-27)24(37)26(13,39)23(36)17(11)21(18)34/h5-6,11,13,20,32,34,37,39H,7-10H2,1-4H3,(H,28,33)(H,29,38). The number of alkyl halides is 1. The molecule has 1 saturated carbocycles. The van der Waals surface area contributed by atoms with Crippen LogP contribution in [0.25, 0.3) is 5.76 Å². The first-order valence-electron chi connectivity index (χ1n) is 12.2. The number of phenolic OH excluding ortho intramolecular Hbond substituents is 1. The third kappa shape index (κ3) is 4.32. The van der Waals surface area contributed by atoms with Crippen molar-refractivity contribution in [2.75, 3.05) is 45.6 Å². The van der Waals surface area contributed by atoms with E-state index in [0.29, 0.717) is 11.3 Å². The molecule has 3 aliphatic carbocycles. The molecule has 4 atom stereocenters. The van der Waals surface area contributed by atoms with Crippen LogP contribution in [0.1, 0.15) is 17.5 Å². The summed E-state index contributed by atoms with van der Waals surface area (Å²) in [7, 11) is 6.69. The Hall–Kier alpha value is -3.61. The van der Waals surface area contributed by atoms with Gasteiger partial charge in [-0.05, 0) is 50.6 Å². The van der Waals surface area contributed by atoms with Gasteiger partial charge in [0.15, 0.2) is 11.4 Å². The number of fused-ring (bicyclic) bond motifs is 3. The normalized spacial score (nSPS) is 26.2. The summed E-state index contributed by atoms with van der Waals surface area (Å²) in [5.74, 6) is -7.63. The van der Waals surface area contributed by atoms with Crippen molar-refractivity contribution in [3.8, 4) is 5.75 Å². The molecule has 39 heavy (non-hydrogen) atoms. The Morgan fingerprint density at radius 3 is 2.36 bits per heavy atom. The van der Waals surface area contributed by atoms with Gasteiger partial charge in [0.05, 0.1) is 18.3 Å². The summed E-state index contributed by atoms with van der Waals surface area (Å²) >= 11 is 5.41. The average Bonchev–Trinajstić information content (AvgIpc) is 2.85. The molecular weight excluding hydrogens is 532 g/mol. The van der Waals surface area contributed by atoms with Crippen molar-refractivity contribution in [2.45, 2.75) is 24.5 Å². The van der Waals surface area contributed by atoms with Gasteiger partial charge >= 0.3 is 0 Å². The predicted octanol–water partition coefficient (Wildman–Crippen LogP) is -0.0266. The van der Waals surface area contributed by atoms with E-state index < -0.39 is 70.6 Å². The number of aliphatic hydroxyl groups is 3. The number of hydrogen-bond donors (Lipinski definition) is 6. The second-order valence-corrected chi connectivity index (χ2v) is 10.6. The van der Waals surface area contributed by atoms with Crippen LogP contribution in [-0.2, 0) is 25.6 Å². The summed E-state index contributed by atoms with van der Waals surface area (Å²) < 4.78 is 0. The predicted molar refractivity (Wildman–Crippen MR) is 141 cm³/mol. The smallest absolute Gasteiger partial charge is 0.259 e. The fourth-order valence-electron chi connectivity index (χ4n) is 5.99. The number of halogens is 1. The lowest BCUT2D eigenvalue weighted by atomic mass is 9.57. The summed E-state index contributed by atoms with van der Waals surface area (Å²) in [6, 6.07) is 1.91.